The summed E-state index contributed by atoms with van der Waals surface area (Å²) in [5.41, 5.74) is 8.41. The van der Waals surface area contributed by atoms with Crippen LogP contribution in [0.1, 0.15) is 76.8 Å². The van der Waals surface area contributed by atoms with Crippen LogP contribution in [-0.4, -0.2) is 64.6 Å². The van der Waals surface area contributed by atoms with Crippen LogP contribution in [0.4, 0.5) is 0 Å². The van der Waals surface area contributed by atoms with Crippen molar-refractivity contribution in [2.75, 3.05) is 32.8 Å². The van der Waals surface area contributed by atoms with Gasteiger partial charge in [-0.25, -0.2) is 14.8 Å². The third-order valence-electron chi connectivity index (χ3n) is 9.39. The molecule has 0 unspecified atom stereocenters. The van der Waals surface area contributed by atoms with Crippen LogP contribution in [0.25, 0.3) is 5.70 Å². The zero-order valence-corrected chi connectivity index (χ0v) is 27.2. The van der Waals surface area contributed by atoms with Crippen molar-refractivity contribution in [3.63, 3.8) is 0 Å². The van der Waals surface area contributed by atoms with E-state index in [4.69, 9.17) is 9.47 Å². The van der Waals surface area contributed by atoms with Crippen molar-refractivity contribution in [2.24, 2.45) is 4.99 Å². The van der Waals surface area contributed by atoms with Gasteiger partial charge in [-0.1, -0.05) is 17.7 Å². The second-order valence-electron chi connectivity index (χ2n) is 12.6. The van der Waals surface area contributed by atoms with Gasteiger partial charge in [0.1, 0.15) is 29.5 Å². The molecule has 1 atom stereocenters. The molecule has 2 aromatic rings. The summed E-state index contributed by atoms with van der Waals surface area (Å²) in [7, 11) is 0. The van der Waals surface area contributed by atoms with Gasteiger partial charge in [-0.3, -0.25) is 9.88 Å². The molecule has 244 valence electrons. The lowest BCUT2D eigenvalue weighted by atomic mass is 9.91. The number of allylic oxidation sites excluding steroid dienone is 7. The maximum atomic E-state index is 13.3. The number of nitrogens with zero attached hydrogens (tertiary/aromatic N) is 4. The van der Waals surface area contributed by atoms with E-state index >= 15 is 0 Å². The summed E-state index contributed by atoms with van der Waals surface area (Å²) in [4.78, 5) is 32.0. The Balaban J connectivity index is 1.09. The number of rotatable bonds is 12. The number of nitrogens with one attached hydrogen (secondary N) is 3. The highest BCUT2D eigenvalue weighted by atomic mass is 16.5. The van der Waals surface area contributed by atoms with Gasteiger partial charge in [0, 0.05) is 43.6 Å². The number of fused-ring (bicyclic) bond motifs is 4. The number of hydrogen-bond donors (Lipinski definition) is 3. The van der Waals surface area contributed by atoms with Gasteiger partial charge < -0.3 is 25.1 Å². The first-order valence-corrected chi connectivity index (χ1v) is 16.9. The molecule has 1 fully saturated rings. The Morgan fingerprint density at radius 3 is 2.85 bits per heavy atom. The van der Waals surface area contributed by atoms with E-state index in [1.54, 1.807) is 18.7 Å². The largest absolute Gasteiger partial charge is 0.490 e. The van der Waals surface area contributed by atoms with Gasteiger partial charge >= 0.3 is 5.97 Å². The molecule has 10 nitrogen and oxygen atoms in total. The van der Waals surface area contributed by atoms with Crippen molar-refractivity contribution in [1.82, 2.24) is 30.5 Å². The molecule has 6 rings (SSSR count). The van der Waals surface area contributed by atoms with Gasteiger partial charge in [-0.15, -0.1) is 0 Å². The second-order valence-corrected chi connectivity index (χ2v) is 12.6. The number of ether oxygens (including phenoxy) is 2. The van der Waals surface area contributed by atoms with Crippen LogP contribution >= 0.6 is 0 Å². The monoisotopic (exact) mass is 625 g/mol. The summed E-state index contributed by atoms with van der Waals surface area (Å²) >= 11 is 0. The first-order chi connectivity index (χ1) is 22.5. The number of carbonyl (C=O) groups is 1. The van der Waals surface area contributed by atoms with Gasteiger partial charge in [0.15, 0.2) is 5.49 Å². The third kappa shape index (κ3) is 8.15. The lowest BCUT2D eigenvalue weighted by Gasteiger charge is -2.28. The van der Waals surface area contributed by atoms with E-state index in [-0.39, 0.29) is 5.97 Å². The van der Waals surface area contributed by atoms with E-state index in [1.807, 2.05) is 19.1 Å². The molecule has 46 heavy (non-hydrogen) atoms. The third-order valence-corrected chi connectivity index (χ3v) is 9.39. The van der Waals surface area contributed by atoms with Crippen LogP contribution in [0.2, 0.25) is 0 Å². The van der Waals surface area contributed by atoms with Crippen LogP contribution in [0.3, 0.4) is 0 Å². The molecule has 0 amide bonds. The summed E-state index contributed by atoms with van der Waals surface area (Å²) in [6, 6.07) is 3.38. The van der Waals surface area contributed by atoms with Gasteiger partial charge in [-0.2, -0.15) is 0 Å². The number of aryl methyl sites for hydroxylation is 1. The Morgan fingerprint density at radius 1 is 1.02 bits per heavy atom. The fraction of sp³-hybridized carbons (Fsp3) is 0.500. The maximum absolute atomic E-state index is 13.3. The first kappa shape index (κ1) is 31.8. The summed E-state index contributed by atoms with van der Waals surface area (Å²) in [6.45, 7) is 8.33. The molecule has 2 bridgehead atoms. The molecule has 2 aromatic heterocycles. The van der Waals surface area contributed by atoms with Crippen molar-refractivity contribution in [3.05, 3.63) is 87.7 Å². The second kappa shape index (κ2) is 15.4. The summed E-state index contributed by atoms with van der Waals surface area (Å²) in [6.07, 6.45) is 19.6. The molecule has 3 aliphatic heterocycles. The van der Waals surface area contributed by atoms with Gasteiger partial charge in [0.25, 0.3) is 0 Å². The van der Waals surface area contributed by atoms with Gasteiger partial charge in [-0.05, 0) is 101 Å². The molecule has 0 spiro atoms. The van der Waals surface area contributed by atoms with E-state index in [2.05, 4.69) is 54.6 Å². The van der Waals surface area contributed by atoms with Crippen LogP contribution < -0.4 is 26.2 Å². The van der Waals surface area contributed by atoms with Crippen molar-refractivity contribution in [1.29, 1.82) is 0 Å². The minimum absolute atomic E-state index is 0.273. The van der Waals surface area contributed by atoms with Crippen LogP contribution in [0.15, 0.2) is 76.2 Å². The Bertz CT molecular complexity index is 1650. The smallest absolute Gasteiger partial charge is 0.333 e. The number of unbranched alkanes of at least 4 members (excludes halogenated alkanes) is 1. The zero-order chi connectivity index (χ0) is 31.7. The van der Waals surface area contributed by atoms with Gasteiger partial charge in [0.2, 0.25) is 0 Å². The van der Waals surface area contributed by atoms with Crippen LogP contribution in [0.5, 0.6) is 5.75 Å². The van der Waals surface area contributed by atoms with Crippen LogP contribution in [-0.2, 0) is 9.53 Å². The number of aromatic amines is 1. The van der Waals surface area contributed by atoms with Crippen molar-refractivity contribution in [2.45, 2.75) is 84.1 Å². The quantitative estimate of drug-likeness (QED) is 0.237. The average molecular weight is 626 g/mol. The number of carbonyl (C=O) groups excluding carboxylic acids is 1. The lowest BCUT2D eigenvalue weighted by Crippen LogP contribution is -2.45. The molecular formula is C36H47N7O3. The van der Waals surface area contributed by atoms with E-state index in [1.165, 1.54) is 35.3 Å². The standard InChI is InChI=1S/C36H47N7O3/c1-25-10-14-30-28(8-5-18-38-30)12-11-27(25)7-3-4-19-43(21-22-45-33-9-6-17-37-26(33)2)20-16-32-36(44)46-29-13-15-31(42-32)34-35(39-23-29)41-24-40-34/h6,9,11-12,17,23-24,32,38,42H,3-5,7-8,10,13-16,18-22H2,1-2H3,(H,39,40,41)/b12-11-,27-25+,29-23-,34-31-/t32-/m0/s1. The predicted octanol–water partition coefficient (Wildman–Crippen LogP) is 4.24. The molecule has 0 radical (unpaired) electrons. The number of imidazole rings is 1. The Labute approximate surface area is 271 Å². The molecule has 4 aliphatic rings. The van der Waals surface area contributed by atoms with Crippen LogP contribution in [0, 0.1) is 6.92 Å². The fourth-order valence-electron chi connectivity index (χ4n) is 6.59. The Morgan fingerprint density at radius 2 is 1.93 bits per heavy atom. The molecule has 5 heterocycles. The minimum Gasteiger partial charge on any atom is -0.490 e. The van der Waals surface area contributed by atoms with Gasteiger partial charge in [0.05, 0.1) is 18.2 Å². The molecule has 0 saturated carbocycles. The predicted molar refractivity (Wildman–Crippen MR) is 178 cm³/mol. The van der Waals surface area contributed by atoms with E-state index < -0.39 is 6.04 Å². The number of esters is 1. The first-order valence-electron chi connectivity index (χ1n) is 16.9. The number of aromatic nitrogens is 3. The maximum Gasteiger partial charge on any atom is 0.333 e. The number of pyridine rings is 1. The average Bonchev–Trinajstić information content (AvgIpc) is 3.51. The van der Waals surface area contributed by atoms with Crippen molar-refractivity contribution >= 4 is 11.7 Å². The summed E-state index contributed by atoms with van der Waals surface area (Å²) in [5, 5.41) is 7.87. The fourth-order valence-corrected chi connectivity index (χ4v) is 6.59. The molecule has 3 N–H and O–H groups in total. The SMILES string of the molecule is C/C1=C(CCCCN(CCOc2cccnc2C)CC[C@@H]2N\C3=c4/nc[nH]/c4=N/C=C(/CC3)OC2=O)\C=C/C2=C(CC1)NCCC2. The topological polar surface area (TPSA) is 117 Å². The number of H-pyrrole nitrogens is 1. The lowest BCUT2D eigenvalue weighted by molar-refractivity contribution is -0.142. The molecule has 10 heteroatoms. The van der Waals surface area contributed by atoms with Crippen molar-refractivity contribution < 1.29 is 14.3 Å². The molecule has 1 saturated heterocycles. The Hall–Kier alpha value is -4.18. The summed E-state index contributed by atoms with van der Waals surface area (Å²) < 4.78 is 11.9. The summed E-state index contributed by atoms with van der Waals surface area (Å²) in [5.74, 6) is 1.13. The van der Waals surface area contributed by atoms with Crippen molar-refractivity contribution in [3.8, 4) is 5.75 Å². The normalized spacial score (nSPS) is 25.0. The Kier molecular flexibility index (Phi) is 10.6. The van der Waals surface area contributed by atoms with E-state index in [0.717, 1.165) is 80.8 Å². The molecular weight excluding hydrogens is 578 g/mol. The highest BCUT2D eigenvalue weighted by Crippen LogP contribution is 2.28. The molecule has 0 aromatic carbocycles. The number of hydrogen-bond acceptors (Lipinski definition) is 9. The van der Waals surface area contributed by atoms with E-state index in [0.29, 0.717) is 37.1 Å². The zero-order valence-electron chi connectivity index (χ0n) is 27.2. The van der Waals surface area contributed by atoms with E-state index in [9.17, 15) is 4.79 Å². The highest BCUT2D eigenvalue weighted by Gasteiger charge is 2.27. The minimum atomic E-state index is -0.480. The highest BCUT2D eigenvalue weighted by molar-refractivity contribution is 5.78. The molecule has 1 aliphatic carbocycles.